The molecule has 1 atom stereocenters. The molecular weight excluding hydrogens is 373 g/mol. The third-order valence-corrected chi connectivity index (χ3v) is 3.39. The lowest BCUT2D eigenvalue weighted by Crippen LogP contribution is -2.32. The van der Waals surface area contributed by atoms with Crippen LogP contribution in [0.25, 0.3) is 0 Å². The van der Waals surface area contributed by atoms with Gasteiger partial charge in [-0.15, -0.1) is 5.06 Å². The Morgan fingerprint density at radius 1 is 1.10 bits per heavy atom. The van der Waals surface area contributed by atoms with Gasteiger partial charge in [-0.2, -0.15) is 13.2 Å². The van der Waals surface area contributed by atoms with E-state index < -0.39 is 21.6 Å². The van der Waals surface area contributed by atoms with Crippen LogP contribution in [0.15, 0.2) is 35.6 Å². The summed E-state index contributed by atoms with van der Waals surface area (Å²) in [6, 6.07) is 3.93. The van der Waals surface area contributed by atoms with Gasteiger partial charge in [0.25, 0.3) is 0 Å². The van der Waals surface area contributed by atoms with Crippen LogP contribution >= 0.6 is 46.4 Å². The average Bonchev–Trinajstić information content (AvgIpc) is 2.67. The second-order valence-electron chi connectivity index (χ2n) is 4.32. The highest BCUT2D eigenvalue weighted by molar-refractivity contribution is 6.67. The highest BCUT2D eigenvalue weighted by atomic mass is 35.6. The topological polar surface area (TPSA) is 12.5 Å². The molecule has 0 amide bonds. The molecule has 1 aromatic rings. The lowest BCUT2D eigenvalue weighted by Gasteiger charge is -2.26. The summed E-state index contributed by atoms with van der Waals surface area (Å²) in [5.74, 6) is 0. The van der Waals surface area contributed by atoms with E-state index in [1.165, 1.54) is 23.5 Å². The maximum atomic E-state index is 12.5. The molecule has 0 aliphatic carbocycles. The van der Waals surface area contributed by atoms with E-state index in [0.717, 1.165) is 12.1 Å². The molecular formula is C12H8Cl4F3NO. The van der Waals surface area contributed by atoms with E-state index in [9.17, 15) is 13.2 Å². The van der Waals surface area contributed by atoms with Gasteiger partial charge < -0.3 is 4.84 Å². The largest absolute Gasteiger partial charge is 0.416 e. The second kappa shape index (κ2) is 6.05. The zero-order chi connectivity index (χ0) is 15.8. The number of benzene rings is 1. The van der Waals surface area contributed by atoms with Crippen molar-refractivity contribution in [3.63, 3.8) is 0 Å². The maximum Gasteiger partial charge on any atom is 0.416 e. The van der Waals surface area contributed by atoms with E-state index in [0.29, 0.717) is 5.56 Å². The number of hydrogen-bond acceptors (Lipinski definition) is 2. The summed E-state index contributed by atoms with van der Waals surface area (Å²) in [6.07, 6.45) is -3.15. The van der Waals surface area contributed by atoms with E-state index in [1.54, 1.807) is 0 Å². The Morgan fingerprint density at radius 3 is 2.14 bits per heavy atom. The van der Waals surface area contributed by atoms with Crippen LogP contribution in [0.4, 0.5) is 13.2 Å². The zero-order valence-corrected chi connectivity index (χ0v) is 13.2. The van der Waals surface area contributed by atoms with Crippen LogP contribution in [-0.4, -0.2) is 15.4 Å². The summed E-state index contributed by atoms with van der Waals surface area (Å²) in [5.41, 5.74) is -0.255. The van der Waals surface area contributed by atoms with Gasteiger partial charge in [-0.05, 0) is 17.7 Å². The molecule has 0 bridgehead atoms. The smallest absolute Gasteiger partial charge is 0.411 e. The van der Waals surface area contributed by atoms with Crippen LogP contribution in [0.5, 0.6) is 0 Å². The van der Waals surface area contributed by atoms with Crippen molar-refractivity contribution in [2.24, 2.45) is 0 Å². The molecule has 2 nitrogen and oxygen atoms in total. The normalized spacial score (nSPS) is 20.3. The summed E-state index contributed by atoms with van der Waals surface area (Å²) in [5, 5.41) is 1.57. The average molecular weight is 381 g/mol. The predicted molar refractivity (Wildman–Crippen MR) is 76.2 cm³/mol. The molecule has 9 heteroatoms. The third-order valence-electron chi connectivity index (χ3n) is 2.74. The van der Waals surface area contributed by atoms with Crippen molar-refractivity contribution in [2.75, 3.05) is 6.54 Å². The van der Waals surface area contributed by atoms with Gasteiger partial charge in [0.05, 0.1) is 17.1 Å². The highest BCUT2D eigenvalue weighted by Crippen LogP contribution is 2.40. The molecule has 1 aliphatic rings. The Morgan fingerprint density at radius 2 is 1.67 bits per heavy atom. The Hall–Kier alpha value is -0.330. The van der Waals surface area contributed by atoms with Crippen molar-refractivity contribution >= 4 is 46.4 Å². The molecule has 0 N–H and O–H groups in total. The van der Waals surface area contributed by atoms with E-state index in [4.69, 9.17) is 51.2 Å². The molecule has 0 saturated heterocycles. The quantitative estimate of drug-likeness (QED) is 0.633. The standard InChI is InChI=1S/C12H8Cl4F3NO/c13-9-5-21-20(6-11(14,15)16)10(9)7-1-3-8(4-2-7)12(17,18)19/h1-5,10H,6H2. The Labute approximate surface area is 138 Å². The van der Waals surface area contributed by atoms with Crippen LogP contribution in [0.2, 0.25) is 0 Å². The minimum absolute atomic E-state index is 0.101. The first-order valence-electron chi connectivity index (χ1n) is 5.61. The number of hydrogen-bond donors (Lipinski definition) is 0. The van der Waals surface area contributed by atoms with E-state index in [-0.39, 0.29) is 11.6 Å². The van der Waals surface area contributed by atoms with Crippen LogP contribution in [-0.2, 0) is 11.0 Å². The number of halogens is 7. The minimum Gasteiger partial charge on any atom is -0.411 e. The zero-order valence-electron chi connectivity index (χ0n) is 10.2. The molecule has 2 rings (SSSR count). The van der Waals surface area contributed by atoms with Gasteiger partial charge in [0.1, 0.15) is 12.3 Å². The van der Waals surface area contributed by atoms with Gasteiger partial charge in [0.2, 0.25) is 3.79 Å². The van der Waals surface area contributed by atoms with E-state index in [1.807, 2.05) is 0 Å². The lowest BCUT2D eigenvalue weighted by atomic mass is 10.0. The molecule has 1 aromatic carbocycles. The fraction of sp³-hybridized carbons (Fsp3) is 0.333. The van der Waals surface area contributed by atoms with Crippen LogP contribution in [0, 0.1) is 0 Å². The maximum absolute atomic E-state index is 12.5. The van der Waals surface area contributed by atoms with Gasteiger partial charge in [-0.1, -0.05) is 58.5 Å². The Bertz CT molecular complexity index is 539. The van der Waals surface area contributed by atoms with Gasteiger partial charge >= 0.3 is 6.18 Å². The van der Waals surface area contributed by atoms with E-state index >= 15 is 0 Å². The van der Waals surface area contributed by atoms with Gasteiger partial charge in [0, 0.05) is 0 Å². The molecule has 0 radical (unpaired) electrons. The summed E-state index contributed by atoms with van der Waals surface area (Å²) in [6.45, 7) is -0.101. The summed E-state index contributed by atoms with van der Waals surface area (Å²) >= 11 is 23.1. The van der Waals surface area contributed by atoms with Crippen molar-refractivity contribution in [3.05, 3.63) is 46.7 Å². The van der Waals surface area contributed by atoms with Crippen molar-refractivity contribution in [1.29, 1.82) is 0 Å². The Balaban J connectivity index is 2.24. The molecule has 0 aromatic heterocycles. The van der Waals surface area contributed by atoms with Crippen molar-refractivity contribution in [2.45, 2.75) is 16.0 Å². The fourth-order valence-electron chi connectivity index (χ4n) is 1.87. The number of nitrogens with zero attached hydrogens (tertiary/aromatic N) is 1. The minimum atomic E-state index is -4.40. The predicted octanol–water partition coefficient (Wildman–Crippen LogP) is 5.44. The highest BCUT2D eigenvalue weighted by Gasteiger charge is 2.37. The molecule has 116 valence electrons. The molecule has 1 aliphatic heterocycles. The molecule has 0 spiro atoms. The number of alkyl halides is 6. The Kier molecular flexibility index (Phi) is 4.90. The summed E-state index contributed by atoms with van der Waals surface area (Å²) in [7, 11) is 0. The lowest BCUT2D eigenvalue weighted by molar-refractivity contribution is -0.137. The first-order valence-corrected chi connectivity index (χ1v) is 7.12. The monoisotopic (exact) mass is 379 g/mol. The van der Waals surface area contributed by atoms with E-state index in [2.05, 4.69) is 0 Å². The molecule has 0 fully saturated rings. The number of hydroxylamine groups is 2. The second-order valence-corrected chi connectivity index (χ2v) is 7.27. The van der Waals surface area contributed by atoms with Crippen molar-refractivity contribution in [1.82, 2.24) is 5.06 Å². The van der Waals surface area contributed by atoms with Crippen molar-refractivity contribution < 1.29 is 18.0 Å². The SMILES string of the molecule is FC(F)(F)c1ccc(C2C(Cl)=CON2CC(Cl)(Cl)Cl)cc1. The van der Waals surface area contributed by atoms with Gasteiger partial charge in [0.15, 0.2) is 0 Å². The number of rotatable bonds is 2. The first kappa shape index (κ1) is 17.0. The first-order chi connectivity index (χ1) is 9.58. The third kappa shape index (κ3) is 4.33. The summed E-state index contributed by atoms with van der Waals surface area (Å²) in [4.78, 5) is 5.17. The molecule has 0 saturated carbocycles. The van der Waals surface area contributed by atoms with Gasteiger partial charge in [-0.3, -0.25) is 0 Å². The van der Waals surface area contributed by atoms with Crippen LogP contribution in [0.1, 0.15) is 17.2 Å². The molecule has 1 unspecified atom stereocenters. The molecule has 1 heterocycles. The summed E-state index contributed by atoms with van der Waals surface area (Å²) < 4.78 is 36.0. The van der Waals surface area contributed by atoms with Crippen LogP contribution in [0.3, 0.4) is 0 Å². The van der Waals surface area contributed by atoms with Crippen molar-refractivity contribution in [3.8, 4) is 0 Å². The van der Waals surface area contributed by atoms with Crippen LogP contribution < -0.4 is 0 Å². The fourth-order valence-corrected chi connectivity index (χ4v) is 2.49. The van der Waals surface area contributed by atoms with Gasteiger partial charge in [-0.25, -0.2) is 0 Å². The molecule has 21 heavy (non-hydrogen) atoms.